The molecule has 3 heteroatoms. The van der Waals surface area contributed by atoms with Crippen LogP contribution < -0.4 is 4.90 Å². The zero-order valence-electron chi connectivity index (χ0n) is 11.4. The summed E-state index contributed by atoms with van der Waals surface area (Å²) in [5.41, 5.74) is 2.20. The molecule has 0 N–H and O–H groups in total. The van der Waals surface area contributed by atoms with Gasteiger partial charge in [0.1, 0.15) is 5.82 Å². The molecule has 0 amide bonds. The highest BCUT2D eigenvalue weighted by molar-refractivity contribution is 6.16. The van der Waals surface area contributed by atoms with E-state index in [1.807, 2.05) is 24.3 Å². The maximum Gasteiger partial charge on any atom is 0.129 e. The Kier molecular flexibility index (Phi) is 4.80. The minimum absolute atomic E-state index is 0.387. The molecule has 2 nitrogen and oxygen atoms in total. The lowest BCUT2D eigenvalue weighted by Gasteiger charge is -2.28. The van der Waals surface area contributed by atoms with Gasteiger partial charge in [-0.1, -0.05) is 36.4 Å². The number of hydrogen-bond donors (Lipinski definition) is 0. The Bertz CT molecular complexity index is 511. The third-order valence-corrected chi connectivity index (χ3v) is 3.32. The largest absolute Gasteiger partial charge is 0.350 e. The van der Waals surface area contributed by atoms with Gasteiger partial charge < -0.3 is 4.90 Å². The van der Waals surface area contributed by atoms with Crippen molar-refractivity contribution in [3.63, 3.8) is 0 Å². The predicted molar refractivity (Wildman–Crippen MR) is 81.6 cm³/mol. The van der Waals surface area contributed by atoms with Crippen molar-refractivity contribution in [1.29, 1.82) is 0 Å². The fourth-order valence-electron chi connectivity index (χ4n) is 2.01. The van der Waals surface area contributed by atoms with Crippen molar-refractivity contribution in [2.45, 2.75) is 32.3 Å². The van der Waals surface area contributed by atoms with Crippen molar-refractivity contribution >= 4 is 17.4 Å². The van der Waals surface area contributed by atoms with Crippen LogP contribution in [0, 0.1) is 0 Å². The van der Waals surface area contributed by atoms with Gasteiger partial charge in [0.25, 0.3) is 0 Å². The number of pyridine rings is 1. The van der Waals surface area contributed by atoms with Gasteiger partial charge >= 0.3 is 0 Å². The summed E-state index contributed by atoms with van der Waals surface area (Å²) < 4.78 is 0. The number of aromatic nitrogens is 1. The zero-order valence-corrected chi connectivity index (χ0v) is 12.1. The van der Waals surface area contributed by atoms with E-state index in [2.05, 4.69) is 48.0 Å². The average Bonchev–Trinajstić information content (AvgIpc) is 2.45. The van der Waals surface area contributed by atoms with Gasteiger partial charge in [-0.05, 0) is 31.5 Å². The van der Waals surface area contributed by atoms with Gasteiger partial charge in [0, 0.05) is 12.6 Å². The second kappa shape index (κ2) is 6.58. The standard InChI is InChI=1S/C16H19ClN2/c1-13(2)19(12-14-7-4-3-5-8-14)16-10-6-9-15(11-17)18-16/h3-10,13H,11-12H2,1-2H3. The lowest BCUT2D eigenvalue weighted by Crippen LogP contribution is -2.31. The highest BCUT2D eigenvalue weighted by Gasteiger charge is 2.12. The maximum atomic E-state index is 5.86. The summed E-state index contributed by atoms with van der Waals surface area (Å²) in [5, 5.41) is 0. The molecule has 0 aliphatic rings. The smallest absolute Gasteiger partial charge is 0.129 e. The molecule has 0 bridgehead atoms. The van der Waals surface area contributed by atoms with Gasteiger partial charge in [-0.25, -0.2) is 4.98 Å². The first-order valence-corrected chi connectivity index (χ1v) is 7.06. The number of anilines is 1. The molecular weight excluding hydrogens is 256 g/mol. The molecule has 0 spiro atoms. The summed E-state index contributed by atoms with van der Waals surface area (Å²) in [5.74, 6) is 1.43. The molecule has 100 valence electrons. The molecule has 2 rings (SSSR count). The van der Waals surface area contributed by atoms with Gasteiger partial charge in [0.05, 0.1) is 11.6 Å². The van der Waals surface area contributed by atoms with Crippen LogP contribution in [0.25, 0.3) is 0 Å². The van der Waals surface area contributed by atoms with E-state index in [1.54, 1.807) is 0 Å². The van der Waals surface area contributed by atoms with E-state index >= 15 is 0 Å². The molecule has 1 aromatic carbocycles. The second-order valence-corrected chi connectivity index (χ2v) is 5.10. The number of rotatable bonds is 5. The van der Waals surface area contributed by atoms with Crippen molar-refractivity contribution in [1.82, 2.24) is 4.98 Å². The van der Waals surface area contributed by atoms with Crippen LogP contribution in [-0.2, 0) is 12.4 Å². The average molecular weight is 275 g/mol. The summed E-state index contributed by atoms with van der Waals surface area (Å²) in [6.07, 6.45) is 0. The van der Waals surface area contributed by atoms with Crippen LogP contribution in [0.2, 0.25) is 0 Å². The normalized spacial score (nSPS) is 10.7. The van der Waals surface area contributed by atoms with Crippen molar-refractivity contribution < 1.29 is 0 Å². The van der Waals surface area contributed by atoms with Gasteiger partial charge in [-0.15, -0.1) is 11.6 Å². The fourth-order valence-corrected chi connectivity index (χ4v) is 2.16. The quantitative estimate of drug-likeness (QED) is 0.759. The van der Waals surface area contributed by atoms with Crippen LogP contribution in [0.4, 0.5) is 5.82 Å². The molecule has 0 fully saturated rings. The van der Waals surface area contributed by atoms with Gasteiger partial charge in [-0.3, -0.25) is 0 Å². The Hall–Kier alpha value is -1.54. The van der Waals surface area contributed by atoms with E-state index in [9.17, 15) is 0 Å². The van der Waals surface area contributed by atoms with Crippen LogP contribution in [0.15, 0.2) is 48.5 Å². The molecule has 19 heavy (non-hydrogen) atoms. The Morgan fingerprint density at radius 2 is 1.79 bits per heavy atom. The Labute approximate surface area is 120 Å². The zero-order chi connectivity index (χ0) is 13.7. The second-order valence-electron chi connectivity index (χ2n) is 4.83. The molecule has 0 radical (unpaired) electrons. The monoisotopic (exact) mass is 274 g/mol. The molecule has 0 aliphatic heterocycles. The van der Waals surface area contributed by atoms with Gasteiger partial charge in [0.15, 0.2) is 0 Å². The highest BCUT2D eigenvalue weighted by Crippen LogP contribution is 2.18. The lowest BCUT2D eigenvalue weighted by atomic mass is 10.2. The first-order chi connectivity index (χ1) is 9.20. The van der Waals surface area contributed by atoms with E-state index in [-0.39, 0.29) is 0 Å². The van der Waals surface area contributed by atoms with Crippen LogP contribution in [-0.4, -0.2) is 11.0 Å². The van der Waals surface area contributed by atoms with E-state index in [1.165, 1.54) is 5.56 Å². The molecular formula is C16H19ClN2. The molecule has 0 saturated heterocycles. The summed E-state index contributed by atoms with van der Waals surface area (Å²) in [6.45, 7) is 5.22. The number of benzene rings is 1. The summed E-state index contributed by atoms with van der Waals surface area (Å²) in [6, 6.07) is 16.8. The molecule has 0 atom stereocenters. The van der Waals surface area contributed by atoms with Crippen LogP contribution in [0.3, 0.4) is 0 Å². The van der Waals surface area contributed by atoms with Crippen molar-refractivity contribution in [2.75, 3.05) is 4.90 Å². The summed E-state index contributed by atoms with van der Waals surface area (Å²) >= 11 is 5.86. The van der Waals surface area contributed by atoms with Gasteiger partial charge in [0.2, 0.25) is 0 Å². The van der Waals surface area contributed by atoms with Crippen LogP contribution in [0.5, 0.6) is 0 Å². The van der Waals surface area contributed by atoms with E-state index in [0.717, 1.165) is 18.1 Å². The SMILES string of the molecule is CC(C)N(Cc1ccccc1)c1cccc(CCl)n1. The summed E-state index contributed by atoms with van der Waals surface area (Å²) in [7, 11) is 0. The highest BCUT2D eigenvalue weighted by atomic mass is 35.5. The third kappa shape index (κ3) is 3.71. The van der Waals surface area contributed by atoms with Gasteiger partial charge in [-0.2, -0.15) is 0 Å². The van der Waals surface area contributed by atoms with E-state index in [0.29, 0.717) is 11.9 Å². The minimum Gasteiger partial charge on any atom is -0.350 e. The first-order valence-electron chi connectivity index (χ1n) is 6.53. The number of nitrogens with zero attached hydrogens (tertiary/aromatic N) is 2. The fraction of sp³-hybridized carbons (Fsp3) is 0.312. The number of hydrogen-bond acceptors (Lipinski definition) is 2. The lowest BCUT2D eigenvalue weighted by molar-refractivity contribution is 0.671. The van der Waals surface area contributed by atoms with Crippen molar-refractivity contribution in [3.05, 3.63) is 59.8 Å². The Morgan fingerprint density at radius 1 is 1.05 bits per heavy atom. The topological polar surface area (TPSA) is 16.1 Å². The molecule has 1 heterocycles. The molecule has 1 aromatic heterocycles. The third-order valence-electron chi connectivity index (χ3n) is 3.04. The van der Waals surface area contributed by atoms with E-state index in [4.69, 9.17) is 11.6 Å². The summed E-state index contributed by atoms with van der Waals surface area (Å²) in [4.78, 5) is 6.89. The molecule has 2 aromatic rings. The predicted octanol–water partition coefficient (Wildman–Crippen LogP) is 4.24. The maximum absolute atomic E-state index is 5.86. The van der Waals surface area contributed by atoms with Crippen LogP contribution in [0.1, 0.15) is 25.1 Å². The molecule has 0 saturated carbocycles. The van der Waals surface area contributed by atoms with Crippen molar-refractivity contribution in [3.8, 4) is 0 Å². The van der Waals surface area contributed by atoms with E-state index < -0.39 is 0 Å². The Balaban J connectivity index is 2.24. The molecule has 0 unspecified atom stereocenters. The van der Waals surface area contributed by atoms with Crippen LogP contribution >= 0.6 is 11.6 Å². The first kappa shape index (κ1) is 13.9. The Morgan fingerprint density at radius 3 is 2.42 bits per heavy atom. The number of alkyl halides is 1. The number of halogens is 1. The molecule has 0 aliphatic carbocycles. The minimum atomic E-state index is 0.387. The van der Waals surface area contributed by atoms with Crippen molar-refractivity contribution in [2.24, 2.45) is 0 Å².